The maximum Gasteiger partial charge on any atom is 0.319 e. The van der Waals surface area contributed by atoms with E-state index in [9.17, 15) is 14.1 Å². The van der Waals surface area contributed by atoms with Crippen molar-refractivity contribution in [3.63, 3.8) is 0 Å². The number of rotatable bonds is 7. The lowest BCUT2D eigenvalue weighted by molar-refractivity contribution is -0.136. The van der Waals surface area contributed by atoms with Gasteiger partial charge in [-0.15, -0.1) is 0 Å². The fourth-order valence-electron chi connectivity index (χ4n) is 2.36. The van der Waals surface area contributed by atoms with Crippen molar-refractivity contribution < 1.29 is 14.1 Å². The molecule has 24 heavy (non-hydrogen) atoms. The lowest BCUT2D eigenvalue weighted by atomic mass is 10.1. The van der Waals surface area contributed by atoms with Crippen LogP contribution in [-0.2, 0) is 27.8 Å². The summed E-state index contributed by atoms with van der Waals surface area (Å²) in [4.78, 5) is 11.5. The fourth-order valence-corrected chi connectivity index (χ4v) is 3.69. The zero-order chi connectivity index (χ0) is 17.5. The summed E-state index contributed by atoms with van der Waals surface area (Å²) in [6, 6.07) is 16.7. The second-order valence-electron chi connectivity index (χ2n) is 5.68. The lowest BCUT2D eigenvalue weighted by Gasteiger charge is -2.12. The maximum atomic E-state index is 12.4. The van der Waals surface area contributed by atoms with Crippen LogP contribution in [0.3, 0.4) is 0 Å². The van der Waals surface area contributed by atoms with Crippen molar-refractivity contribution in [1.29, 1.82) is 5.26 Å². The van der Waals surface area contributed by atoms with E-state index in [1.165, 1.54) is 0 Å². The van der Waals surface area contributed by atoms with Crippen molar-refractivity contribution in [3.05, 3.63) is 70.8 Å². The Hall–Kier alpha value is -2.45. The van der Waals surface area contributed by atoms with E-state index < -0.39 is 22.0 Å². The number of carboxylic acid groups (broad SMARTS) is 1. The van der Waals surface area contributed by atoms with E-state index in [4.69, 9.17) is 5.26 Å². The van der Waals surface area contributed by atoms with Gasteiger partial charge in [0.05, 0.1) is 11.6 Å². The molecule has 0 bridgehead atoms. The van der Waals surface area contributed by atoms with E-state index in [0.717, 1.165) is 16.7 Å². The van der Waals surface area contributed by atoms with Gasteiger partial charge in [-0.3, -0.25) is 9.00 Å². The topological polar surface area (TPSA) is 78.2 Å². The van der Waals surface area contributed by atoms with Gasteiger partial charge in [-0.25, -0.2) is 0 Å². The average Bonchev–Trinajstić information content (AvgIpc) is 2.57. The van der Waals surface area contributed by atoms with Crippen LogP contribution in [0.4, 0.5) is 0 Å². The van der Waals surface area contributed by atoms with E-state index in [1.54, 1.807) is 24.3 Å². The molecule has 0 saturated heterocycles. The van der Waals surface area contributed by atoms with Crippen LogP contribution in [0.2, 0.25) is 0 Å². The van der Waals surface area contributed by atoms with E-state index in [2.05, 4.69) is 0 Å². The Bertz CT molecular complexity index is 761. The highest BCUT2D eigenvalue weighted by molar-refractivity contribution is 7.85. The summed E-state index contributed by atoms with van der Waals surface area (Å²) >= 11 is 0. The average molecular weight is 341 g/mol. The molecule has 0 aliphatic heterocycles. The van der Waals surface area contributed by atoms with Gasteiger partial charge in [0.2, 0.25) is 0 Å². The maximum absolute atomic E-state index is 12.4. The predicted molar refractivity (Wildman–Crippen MR) is 93.9 cm³/mol. The zero-order valence-electron chi connectivity index (χ0n) is 13.4. The Morgan fingerprint density at radius 2 is 1.71 bits per heavy atom. The Balaban J connectivity index is 2.00. The molecule has 2 aromatic carbocycles. The van der Waals surface area contributed by atoms with Gasteiger partial charge in [-0.2, -0.15) is 5.26 Å². The summed E-state index contributed by atoms with van der Waals surface area (Å²) in [6.07, 6.45) is 0.914. The van der Waals surface area contributed by atoms with Gasteiger partial charge in [0.15, 0.2) is 0 Å². The van der Waals surface area contributed by atoms with Crippen molar-refractivity contribution in [3.8, 4) is 6.07 Å². The molecule has 0 saturated carbocycles. The Labute approximate surface area is 144 Å². The first kappa shape index (κ1) is 17.9. The van der Waals surface area contributed by atoms with E-state index in [1.807, 2.05) is 37.3 Å². The molecular formula is C19H19NO3S. The molecule has 0 aliphatic carbocycles. The minimum Gasteiger partial charge on any atom is -0.480 e. The molecule has 0 radical (unpaired) electrons. The van der Waals surface area contributed by atoms with Crippen LogP contribution in [0, 0.1) is 18.3 Å². The monoisotopic (exact) mass is 341 g/mol. The standard InChI is InChI=1S/C19H19NO3S/c1-14-2-4-15(5-3-14)10-11-18(19(21)22)24(23)13-17-8-6-16(12-20)7-9-17/h2-9,18H,10-11,13H2,1H3,(H,21,22). The molecule has 2 atom stereocenters. The molecule has 4 nitrogen and oxygen atoms in total. The van der Waals surface area contributed by atoms with Crippen molar-refractivity contribution in [2.45, 2.75) is 30.8 Å². The molecule has 2 rings (SSSR count). The first-order valence-electron chi connectivity index (χ1n) is 7.64. The highest BCUT2D eigenvalue weighted by Crippen LogP contribution is 2.15. The van der Waals surface area contributed by atoms with E-state index in [-0.39, 0.29) is 5.75 Å². The van der Waals surface area contributed by atoms with Crippen molar-refractivity contribution in [1.82, 2.24) is 0 Å². The van der Waals surface area contributed by atoms with Crippen molar-refractivity contribution in [2.75, 3.05) is 0 Å². The number of nitriles is 1. The van der Waals surface area contributed by atoms with E-state index >= 15 is 0 Å². The Kier molecular flexibility index (Phi) is 6.28. The number of carbonyl (C=O) groups is 1. The first-order valence-corrected chi connectivity index (χ1v) is 9.02. The SMILES string of the molecule is Cc1ccc(CCC(C(=O)O)S(=O)Cc2ccc(C#N)cc2)cc1. The van der Waals surface area contributed by atoms with Crippen LogP contribution >= 0.6 is 0 Å². The van der Waals surface area contributed by atoms with E-state index in [0.29, 0.717) is 18.4 Å². The molecule has 0 aliphatic rings. The van der Waals surface area contributed by atoms with Crippen LogP contribution < -0.4 is 0 Å². The number of benzene rings is 2. The van der Waals surface area contributed by atoms with Gasteiger partial charge in [0, 0.05) is 16.6 Å². The lowest BCUT2D eigenvalue weighted by Crippen LogP contribution is -2.27. The number of aliphatic carboxylic acids is 1. The highest BCUT2D eigenvalue weighted by atomic mass is 32.2. The summed E-state index contributed by atoms with van der Waals surface area (Å²) in [5, 5.41) is 17.3. The van der Waals surface area contributed by atoms with Crippen LogP contribution in [-0.4, -0.2) is 20.5 Å². The molecule has 0 fully saturated rings. The smallest absolute Gasteiger partial charge is 0.319 e. The predicted octanol–water partition coefficient (Wildman–Crippen LogP) is 3.20. The molecule has 0 heterocycles. The highest BCUT2D eigenvalue weighted by Gasteiger charge is 2.24. The van der Waals surface area contributed by atoms with Crippen LogP contribution in [0.1, 0.15) is 28.7 Å². The Morgan fingerprint density at radius 1 is 1.12 bits per heavy atom. The summed E-state index contributed by atoms with van der Waals surface area (Å²) < 4.78 is 12.4. The third kappa shape index (κ3) is 5.04. The Morgan fingerprint density at radius 3 is 2.25 bits per heavy atom. The van der Waals surface area contributed by atoms with Gasteiger partial charge < -0.3 is 5.11 Å². The number of aryl methyl sites for hydroxylation is 2. The van der Waals surface area contributed by atoms with Gasteiger partial charge in [-0.1, -0.05) is 42.0 Å². The minimum atomic E-state index is -1.51. The first-order chi connectivity index (χ1) is 11.5. The fraction of sp³-hybridized carbons (Fsp3) is 0.263. The molecule has 0 aromatic heterocycles. The number of hydrogen-bond acceptors (Lipinski definition) is 3. The quantitative estimate of drug-likeness (QED) is 0.839. The molecule has 5 heteroatoms. The summed E-state index contributed by atoms with van der Waals surface area (Å²) in [7, 11) is -1.51. The zero-order valence-corrected chi connectivity index (χ0v) is 14.3. The van der Waals surface area contributed by atoms with Gasteiger partial charge >= 0.3 is 5.97 Å². The molecule has 1 N–H and O–H groups in total. The number of carboxylic acids is 1. The summed E-state index contributed by atoms with van der Waals surface area (Å²) in [5.41, 5.74) is 3.49. The minimum absolute atomic E-state index is 0.177. The second-order valence-corrected chi connectivity index (χ2v) is 7.30. The largest absolute Gasteiger partial charge is 0.480 e. The molecule has 2 aromatic rings. The molecule has 124 valence electrons. The van der Waals surface area contributed by atoms with Crippen LogP contribution in [0.15, 0.2) is 48.5 Å². The van der Waals surface area contributed by atoms with Gasteiger partial charge in [-0.05, 0) is 43.0 Å². The van der Waals surface area contributed by atoms with Gasteiger partial charge in [0.1, 0.15) is 5.25 Å². The third-order valence-electron chi connectivity index (χ3n) is 3.80. The molecule has 2 unspecified atom stereocenters. The molecular weight excluding hydrogens is 322 g/mol. The third-order valence-corrected chi connectivity index (χ3v) is 5.49. The van der Waals surface area contributed by atoms with Crippen LogP contribution in [0.5, 0.6) is 0 Å². The second kappa shape index (κ2) is 8.42. The van der Waals surface area contributed by atoms with Crippen molar-refractivity contribution >= 4 is 16.8 Å². The summed E-state index contributed by atoms with van der Waals surface area (Å²) in [6.45, 7) is 2.00. The normalized spacial score (nSPS) is 13.0. The molecule has 0 spiro atoms. The van der Waals surface area contributed by atoms with Crippen molar-refractivity contribution in [2.24, 2.45) is 0 Å². The molecule has 0 amide bonds. The summed E-state index contributed by atoms with van der Waals surface area (Å²) in [5.74, 6) is -0.856. The number of nitrogens with zero attached hydrogens (tertiary/aromatic N) is 1. The van der Waals surface area contributed by atoms with Gasteiger partial charge in [0.25, 0.3) is 0 Å². The van der Waals surface area contributed by atoms with Crippen LogP contribution in [0.25, 0.3) is 0 Å². The number of hydrogen-bond donors (Lipinski definition) is 1.